The Morgan fingerprint density at radius 1 is 0.861 bits per heavy atom. The number of pyridine rings is 1. The first-order valence-corrected chi connectivity index (χ1v) is 13.3. The van der Waals surface area contributed by atoms with Crippen LogP contribution in [-0.4, -0.2) is 39.7 Å². The van der Waals surface area contributed by atoms with E-state index in [0.29, 0.717) is 0 Å². The van der Waals surface area contributed by atoms with Gasteiger partial charge < -0.3 is 9.64 Å². The minimum absolute atomic E-state index is 0.0668. The molecule has 0 atom stereocenters. The first-order valence-electron chi connectivity index (χ1n) is 11.9. The van der Waals surface area contributed by atoms with Crippen LogP contribution in [0.3, 0.4) is 0 Å². The Hall–Kier alpha value is -3.00. The van der Waals surface area contributed by atoms with Crippen molar-refractivity contribution in [1.29, 1.82) is 0 Å². The van der Waals surface area contributed by atoms with Gasteiger partial charge in [0.15, 0.2) is 0 Å². The van der Waals surface area contributed by atoms with Gasteiger partial charge in [0.05, 0.1) is 17.2 Å². The summed E-state index contributed by atoms with van der Waals surface area (Å²) < 4.78 is 37.0. The van der Waals surface area contributed by atoms with Crippen molar-refractivity contribution in [2.45, 2.75) is 50.7 Å². The highest BCUT2D eigenvalue weighted by Gasteiger charge is 2.32. The Kier molecular flexibility index (Phi) is 8.39. The molecule has 1 aromatic heterocycles. The number of rotatable bonds is 10. The maximum absolute atomic E-state index is 12.7. The number of anilines is 1. The highest BCUT2D eigenvalue weighted by molar-refractivity contribution is 7.86. The largest absolute Gasteiger partial charge is 0.378 e. The number of aromatic nitrogens is 1. The van der Waals surface area contributed by atoms with Gasteiger partial charge >= 0.3 is 0 Å². The van der Waals surface area contributed by atoms with Gasteiger partial charge in [0.1, 0.15) is 11.2 Å². The molecule has 0 radical (unpaired) electrons. The Morgan fingerprint density at radius 2 is 1.44 bits per heavy atom. The van der Waals surface area contributed by atoms with Gasteiger partial charge in [-0.2, -0.15) is 8.42 Å². The molecule has 2 aromatic carbocycles. The zero-order chi connectivity index (χ0) is 26.6. The van der Waals surface area contributed by atoms with Gasteiger partial charge in [0.25, 0.3) is 10.1 Å². The van der Waals surface area contributed by atoms with E-state index in [1.807, 2.05) is 59.2 Å². The molecule has 3 aromatic rings. The molecule has 0 aliphatic rings. The maximum atomic E-state index is 12.7. The number of hydrogen-bond donors (Lipinski definition) is 0. The summed E-state index contributed by atoms with van der Waals surface area (Å²) in [6, 6.07) is 18.8. The van der Waals surface area contributed by atoms with Crippen molar-refractivity contribution in [3.8, 4) is 0 Å². The molecule has 0 aliphatic carbocycles. The zero-order valence-electron chi connectivity index (χ0n) is 22.1. The van der Waals surface area contributed by atoms with Crippen molar-refractivity contribution in [3.05, 3.63) is 89.2 Å². The molecule has 0 aliphatic heterocycles. The number of hydrogen-bond acceptors (Lipinski definition) is 6. The van der Waals surface area contributed by atoms with Gasteiger partial charge in [-0.25, -0.2) is 0 Å². The summed E-state index contributed by atoms with van der Waals surface area (Å²) in [7, 11) is 0.123. The van der Waals surface area contributed by atoms with Gasteiger partial charge in [0.2, 0.25) is 0 Å². The molecule has 3 rings (SSSR count). The summed E-state index contributed by atoms with van der Waals surface area (Å²) >= 11 is 0. The van der Waals surface area contributed by atoms with Crippen molar-refractivity contribution < 1.29 is 17.3 Å². The van der Waals surface area contributed by atoms with Crippen molar-refractivity contribution in [2.75, 3.05) is 25.6 Å². The van der Waals surface area contributed by atoms with E-state index in [9.17, 15) is 8.42 Å². The molecule has 0 saturated carbocycles. The number of nitrogens with zero attached hydrogens (tertiary/aromatic N) is 2. The first-order chi connectivity index (χ1) is 16.8. The van der Waals surface area contributed by atoms with Crippen LogP contribution >= 0.6 is 0 Å². The Morgan fingerprint density at radius 3 is 2.00 bits per heavy atom. The highest BCUT2D eigenvalue weighted by atomic mass is 32.2. The van der Waals surface area contributed by atoms with Gasteiger partial charge in [-0.3, -0.25) is 9.17 Å². The molecule has 0 N–H and O–H groups in total. The second-order valence-corrected chi connectivity index (χ2v) is 11.8. The van der Waals surface area contributed by atoms with Crippen LogP contribution in [0, 0.1) is 6.92 Å². The van der Waals surface area contributed by atoms with E-state index >= 15 is 0 Å². The zero-order valence-corrected chi connectivity index (χ0v) is 23.0. The van der Waals surface area contributed by atoms with E-state index in [-0.39, 0.29) is 11.5 Å². The Balaban J connectivity index is 1.62. The first kappa shape index (κ1) is 27.6. The van der Waals surface area contributed by atoms with Crippen molar-refractivity contribution in [2.24, 2.45) is 0 Å². The van der Waals surface area contributed by atoms with Crippen LogP contribution in [0.4, 0.5) is 5.69 Å². The standard InChI is InChI=1S/C29H36N2O4S/c1-22-8-17-26(18-9-22)36(32,33)35-28(2,3)21-34-29(4,5)27-19-14-24(20-30-27)11-10-23-12-15-25(16-13-23)31(6)7/h8-20H,21H2,1-7H3/b11-10+. The topological polar surface area (TPSA) is 68.7 Å². The lowest BCUT2D eigenvalue weighted by atomic mass is 10.0. The number of ether oxygens (including phenoxy) is 1. The molecule has 0 bridgehead atoms. The summed E-state index contributed by atoms with van der Waals surface area (Å²) in [6.07, 6.45) is 5.86. The van der Waals surface area contributed by atoms with Gasteiger partial charge in [-0.15, -0.1) is 0 Å². The average molecular weight is 509 g/mol. The maximum Gasteiger partial charge on any atom is 0.297 e. The smallest absolute Gasteiger partial charge is 0.297 e. The molecule has 192 valence electrons. The third-order valence-electron chi connectivity index (χ3n) is 5.71. The second-order valence-electron chi connectivity index (χ2n) is 10.2. The van der Waals surface area contributed by atoms with Crippen molar-refractivity contribution >= 4 is 28.0 Å². The monoisotopic (exact) mass is 508 g/mol. The molecule has 0 spiro atoms. The minimum Gasteiger partial charge on any atom is -0.378 e. The van der Waals surface area contributed by atoms with Crippen molar-refractivity contribution in [1.82, 2.24) is 4.98 Å². The van der Waals surface area contributed by atoms with Crippen molar-refractivity contribution in [3.63, 3.8) is 0 Å². The molecule has 0 amide bonds. The van der Waals surface area contributed by atoms with Crippen LogP contribution in [0.5, 0.6) is 0 Å². The molecule has 7 heteroatoms. The minimum atomic E-state index is -3.91. The number of aryl methyl sites for hydroxylation is 1. The van der Waals surface area contributed by atoms with Crippen LogP contribution in [-0.2, 0) is 24.6 Å². The molecule has 0 fully saturated rings. The Bertz CT molecular complexity index is 1280. The van der Waals surface area contributed by atoms with E-state index in [1.165, 1.54) is 0 Å². The Labute approximate surface area is 215 Å². The summed E-state index contributed by atoms with van der Waals surface area (Å²) in [4.78, 5) is 6.78. The van der Waals surface area contributed by atoms with Crippen LogP contribution < -0.4 is 4.90 Å². The fourth-order valence-corrected chi connectivity index (χ4v) is 4.65. The summed E-state index contributed by atoms with van der Waals surface area (Å²) in [5, 5.41) is 0. The highest BCUT2D eigenvalue weighted by Crippen LogP contribution is 2.28. The summed E-state index contributed by atoms with van der Waals surface area (Å²) in [5.41, 5.74) is 3.15. The lowest BCUT2D eigenvalue weighted by Gasteiger charge is -2.31. The lowest BCUT2D eigenvalue weighted by molar-refractivity contribution is -0.0850. The average Bonchev–Trinajstić information content (AvgIpc) is 2.82. The van der Waals surface area contributed by atoms with Crippen LogP contribution in [0.2, 0.25) is 0 Å². The fraction of sp³-hybridized carbons (Fsp3) is 0.345. The summed E-state index contributed by atoms with van der Waals surface area (Å²) in [5.74, 6) is 0. The molecule has 0 unspecified atom stereocenters. The second kappa shape index (κ2) is 10.9. The van der Waals surface area contributed by atoms with Gasteiger partial charge in [-0.1, -0.05) is 48.0 Å². The SMILES string of the molecule is Cc1ccc(S(=O)(=O)OC(C)(C)COC(C)(C)c2ccc(/C=C/c3ccc(N(C)C)cc3)cn2)cc1. The molecular weight excluding hydrogens is 472 g/mol. The van der Waals surface area contributed by atoms with E-state index in [4.69, 9.17) is 8.92 Å². The molecule has 0 saturated heterocycles. The van der Waals surface area contributed by atoms with Gasteiger partial charge in [0, 0.05) is 26.0 Å². The van der Waals surface area contributed by atoms with E-state index in [1.54, 1.807) is 44.3 Å². The summed E-state index contributed by atoms with van der Waals surface area (Å²) in [6.45, 7) is 9.17. The third kappa shape index (κ3) is 7.50. The van der Waals surface area contributed by atoms with E-state index in [2.05, 4.69) is 34.1 Å². The normalized spacial score (nSPS) is 12.8. The predicted molar refractivity (Wildman–Crippen MR) is 146 cm³/mol. The quantitative estimate of drug-likeness (QED) is 0.310. The third-order valence-corrected chi connectivity index (χ3v) is 7.23. The van der Waals surface area contributed by atoms with E-state index in [0.717, 1.165) is 28.1 Å². The lowest BCUT2D eigenvalue weighted by Crippen LogP contribution is -2.37. The van der Waals surface area contributed by atoms with Gasteiger partial charge in [-0.05, 0) is 76.1 Å². The van der Waals surface area contributed by atoms with Crippen LogP contribution in [0.1, 0.15) is 50.1 Å². The number of benzene rings is 2. The molecule has 6 nitrogen and oxygen atoms in total. The van der Waals surface area contributed by atoms with E-state index < -0.39 is 21.3 Å². The fourth-order valence-electron chi connectivity index (χ4n) is 3.44. The van der Waals surface area contributed by atoms with Crippen LogP contribution in [0.15, 0.2) is 71.8 Å². The predicted octanol–water partition coefficient (Wildman–Crippen LogP) is 6.06. The molecular formula is C29H36N2O4S. The molecule has 1 heterocycles. The van der Waals surface area contributed by atoms with Crippen LogP contribution in [0.25, 0.3) is 12.2 Å². The molecule has 36 heavy (non-hydrogen) atoms.